The van der Waals surface area contributed by atoms with Gasteiger partial charge in [-0.25, -0.2) is 9.97 Å². The Morgan fingerprint density at radius 3 is 1.26 bits per heavy atom. The van der Waals surface area contributed by atoms with Crippen molar-refractivity contribution >= 4 is 11.4 Å². The van der Waals surface area contributed by atoms with Crippen LogP contribution in [0.15, 0.2) is 121 Å². The first-order valence-corrected chi connectivity index (χ1v) is 10.3. The number of nitrogens with one attached hydrogen (secondary N) is 1. The van der Waals surface area contributed by atoms with Gasteiger partial charge in [-0.1, -0.05) is 109 Å². The number of hydrogen-bond acceptors (Lipinski definition) is 3. The van der Waals surface area contributed by atoms with Crippen LogP contribution in [0.2, 0.25) is 0 Å². The Balaban J connectivity index is 1.79. The van der Waals surface area contributed by atoms with Crippen LogP contribution in [0.3, 0.4) is 0 Å². The number of hydrogen-bond donors (Lipinski definition) is 1. The molecule has 148 valence electrons. The Kier molecular flexibility index (Phi) is 5.23. The number of benzene rings is 4. The molecule has 5 rings (SSSR count). The van der Waals surface area contributed by atoms with Crippen LogP contribution >= 0.6 is 0 Å². The quantitative estimate of drug-likeness (QED) is 0.339. The fourth-order valence-corrected chi connectivity index (χ4v) is 3.57. The van der Waals surface area contributed by atoms with Gasteiger partial charge in [-0.15, -0.1) is 0 Å². The highest BCUT2D eigenvalue weighted by Gasteiger charge is 2.18. The molecule has 0 radical (unpaired) electrons. The molecule has 0 bridgehead atoms. The predicted molar refractivity (Wildman–Crippen MR) is 128 cm³/mol. The normalized spacial score (nSPS) is 10.6. The van der Waals surface area contributed by atoms with Gasteiger partial charge < -0.3 is 5.32 Å². The van der Waals surface area contributed by atoms with E-state index in [0.29, 0.717) is 5.82 Å². The smallest absolute Gasteiger partial charge is 0.160 e. The molecule has 0 aliphatic carbocycles. The van der Waals surface area contributed by atoms with E-state index in [0.717, 1.165) is 39.5 Å². The highest BCUT2D eigenvalue weighted by molar-refractivity contribution is 5.90. The van der Waals surface area contributed by atoms with E-state index in [4.69, 9.17) is 9.97 Å². The lowest BCUT2D eigenvalue weighted by Crippen LogP contribution is -2.03. The van der Waals surface area contributed by atoms with Crippen molar-refractivity contribution in [2.24, 2.45) is 0 Å². The zero-order chi connectivity index (χ0) is 20.9. The van der Waals surface area contributed by atoms with Gasteiger partial charge in [0.15, 0.2) is 5.82 Å². The molecule has 0 fully saturated rings. The molecule has 0 amide bonds. The Hall–Kier alpha value is -4.24. The van der Waals surface area contributed by atoms with E-state index in [9.17, 15) is 0 Å². The summed E-state index contributed by atoms with van der Waals surface area (Å²) in [5, 5.41) is 3.59. The zero-order valence-corrected chi connectivity index (χ0v) is 16.9. The highest BCUT2D eigenvalue weighted by Crippen LogP contribution is 2.38. The lowest BCUT2D eigenvalue weighted by molar-refractivity contribution is 1.18. The van der Waals surface area contributed by atoms with Gasteiger partial charge in [0.05, 0.1) is 17.1 Å². The molecule has 0 atom stereocenters. The number of nitrogens with zero attached hydrogens (tertiary/aromatic N) is 2. The van der Waals surface area contributed by atoms with Crippen LogP contribution in [0.1, 0.15) is 0 Å². The topological polar surface area (TPSA) is 37.8 Å². The minimum absolute atomic E-state index is 0.705. The third-order valence-electron chi connectivity index (χ3n) is 5.08. The first-order chi connectivity index (χ1) is 15.4. The minimum atomic E-state index is 0.705. The Morgan fingerprint density at radius 2 is 0.806 bits per heavy atom. The molecule has 31 heavy (non-hydrogen) atoms. The summed E-state index contributed by atoms with van der Waals surface area (Å²) in [7, 11) is 0. The maximum Gasteiger partial charge on any atom is 0.160 e. The van der Waals surface area contributed by atoms with Crippen LogP contribution in [0.4, 0.5) is 11.4 Å². The van der Waals surface area contributed by atoms with Crippen molar-refractivity contribution in [3.8, 4) is 33.9 Å². The van der Waals surface area contributed by atoms with Crippen LogP contribution < -0.4 is 5.32 Å². The number of anilines is 2. The summed E-state index contributed by atoms with van der Waals surface area (Å²) in [5.41, 5.74) is 6.70. The molecule has 3 nitrogen and oxygen atoms in total. The standard InChI is InChI=1S/C28H21N3/c1-5-13-21(14-6-1)25-27(29-24-19-11-4-12-20-24)26(22-15-7-2-8-16-22)31-28(30-25)23-17-9-3-10-18-23/h1-20,29H. The fraction of sp³-hybridized carbons (Fsp3) is 0. The number of aromatic nitrogens is 2. The second kappa shape index (κ2) is 8.64. The third-order valence-corrected chi connectivity index (χ3v) is 5.08. The van der Waals surface area contributed by atoms with Gasteiger partial charge >= 0.3 is 0 Å². The minimum Gasteiger partial charge on any atom is -0.352 e. The molecule has 0 spiro atoms. The van der Waals surface area contributed by atoms with Crippen molar-refractivity contribution in [1.82, 2.24) is 9.97 Å². The first kappa shape index (κ1) is 18.8. The fourth-order valence-electron chi connectivity index (χ4n) is 3.57. The van der Waals surface area contributed by atoms with Crippen molar-refractivity contribution in [1.29, 1.82) is 0 Å². The van der Waals surface area contributed by atoms with Crippen molar-refractivity contribution in [3.63, 3.8) is 0 Å². The summed E-state index contributed by atoms with van der Waals surface area (Å²) in [6, 6.07) is 40.8. The van der Waals surface area contributed by atoms with Crippen molar-refractivity contribution in [2.45, 2.75) is 0 Å². The average molecular weight is 399 g/mol. The molecule has 0 unspecified atom stereocenters. The van der Waals surface area contributed by atoms with Gasteiger partial charge in [-0.05, 0) is 12.1 Å². The lowest BCUT2D eigenvalue weighted by Gasteiger charge is -2.18. The van der Waals surface area contributed by atoms with Crippen molar-refractivity contribution in [3.05, 3.63) is 121 Å². The molecule has 0 saturated carbocycles. The van der Waals surface area contributed by atoms with Crippen molar-refractivity contribution in [2.75, 3.05) is 5.32 Å². The molecule has 1 N–H and O–H groups in total. The van der Waals surface area contributed by atoms with Gasteiger partial charge in [0, 0.05) is 22.4 Å². The molecule has 1 aromatic heterocycles. The number of rotatable bonds is 5. The van der Waals surface area contributed by atoms with E-state index in [1.807, 2.05) is 84.9 Å². The van der Waals surface area contributed by atoms with Crippen LogP contribution in [0, 0.1) is 0 Å². The SMILES string of the molecule is c1ccc(Nc2c(-c3ccccc3)nc(-c3ccccc3)nc2-c2ccccc2)cc1. The van der Waals surface area contributed by atoms with E-state index in [2.05, 4.69) is 41.7 Å². The van der Waals surface area contributed by atoms with E-state index < -0.39 is 0 Å². The van der Waals surface area contributed by atoms with E-state index in [1.54, 1.807) is 0 Å². The highest BCUT2D eigenvalue weighted by atomic mass is 15.0. The summed E-state index contributed by atoms with van der Waals surface area (Å²) >= 11 is 0. The number of para-hydroxylation sites is 1. The second-order valence-corrected chi connectivity index (χ2v) is 7.21. The molecular weight excluding hydrogens is 378 g/mol. The molecule has 4 aromatic carbocycles. The van der Waals surface area contributed by atoms with Crippen molar-refractivity contribution < 1.29 is 0 Å². The van der Waals surface area contributed by atoms with Crippen LogP contribution in [0.25, 0.3) is 33.9 Å². The van der Waals surface area contributed by atoms with E-state index >= 15 is 0 Å². The van der Waals surface area contributed by atoms with Gasteiger partial charge in [0.25, 0.3) is 0 Å². The van der Waals surface area contributed by atoms with E-state index in [-0.39, 0.29) is 0 Å². The van der Waals surface area contributed by atoms with Crippen LogP contribution in [-0.2, 0) is 0 Å². The molecular formula is C28H21N3. The summed E-state index contributed by atoms with van der Waals surface area (Å²) in [5.74, 6) is 0.705. The molecule has 5 aromatic rings. The molecule has 3 heteroatoms. The molecule has 0 saturated heterocycles. The maximum atomic E-state index is 5.02. The lowest BCUT2D eigenvalue weighted by atomic mass is 10.0. The summed E-state index contributed by atoms with van der Waals surface area (Å²) in [4.78, 5) is 10.0. The Morgan fingerprint density at radius 1 is 0.419 bits per heavy atom. The van der Waals surface area contributed by atoms with Crippen LogP contribution in [-0.4, -0.2) is 9.97 Å². The zero-order valence-electron chi connectivity index (χ0n) is 16.9. The summed E-state index contributed by atoms with van der Waals surface area (Å²) < 4.78 is 0. The summed E-state index contributed by atoms with van der Waals surface area (Å²) in [6.07, 6.45) is 0. The predicted octanol–water partition coefficient (Wildman–Crippen LogP) is 7.22. The van der Waals surface area contributed by atoms with Gasteiger partial charge in [-0.3, -0.25) is 0 Å². The second-order valence-electron chi connectivity index (χ2n) is 7.21. The van der Waals surface area contributed by atoms with Crippen LogP contribution in [0.5, 0.6) is 0 Å². The Labute approximate surface area is 182 Å². The largest absolute Gasteiger partial charge is 0.352 e. The molecule has 1 heterocycles. The van der Waals surface area contributed by atoms with Gasteiger partial charge in [0.1, 0.15) is 0 Å². The Bertz CT molecular complexity index is 1210. The molecule has 0 aliphatic heterocycles. The first-order valence-electron chi connectivity index (χ1n) is 10.3. The average Bonchev–Trinajstić information content (AvgIpc) is 2.86. The third kappa shape index (κ3) is 4.07. The monoisotopic (exact) mass is 399 g/mol. The maximum absolute atomic E-state index is 5.02. The van der Waals surface area contributed by atoms with Gasteiger partial charge in [0.2, 0.25) is 0 Å². The molecule has 0 aliphatic rings. The van der Waals surface area contributed by atoms with Gasteiger partial charge in [-0.2, -0.15) is 0 Å². The summed E-state index contributed by atoms with van der Waals surface area (Å²) in [6.45, 7) is 0. The van der Waals surface area contributed by atoms with E-state index in [1.165, 1.54) is 0 Å².